The minimum absolute atomic E-state index is 0. The largest absolute Gasteiger partial charge is 1.00 e. The van der Waals surface area contributed by atoms with Crippen LogP contribution in [-0.2, 0) is 17.3 Å². The molecule has 3 N–H and O–H groups in total. The van der Waals surface area contributed by atoms with Crippen molar-refractivity contribution in [3.63, 3.8) is 0 Å². The number of nitrogens with zero attached hydrogens (tertiary/aromatic N) is 3. The fraction of sp³-hybridized carbons (Fsp3) is 0.700. The highest BCUT2D eigenvalue weighted by Gasteiger charge is 2.32. The molecule has 1 aliphatic rings. The van der Waals surface area contributed by atoms with Gasteiger partial charge in [-0.25, -0.2) is 5.14 Å². The fourth-order valence-corrected chi connectivity index (χ4v) is 3.43. The molecule has 0 spiro atoms. The first kappa shape index (κ1) is 16.2. The van der Waals surface area contributed by atoms with Gasteiger partial charge < -0.3 is 17.3 Å². The van der Waals surface area contributed by atoms with Crippen LogP contribution in [0.4, 0.5) is 5.69 Å². The van der Waals surface area contributed by atoms with E-state index >= 15 is 0 Å². The number of aromatic nitrogens is 2. The number of hydrogen-bond donors (Lipinski definition) is 2. The van der Waals surface area contributed by atoms with E-state index in [1.54, 1.807) is 17.9 Å². The van der Waals surface area contributed by atoms with Gasteiger partial charge in [0.25, 0.3) is 10.2 Å². The molecule has 1 aromatic rings. The third-order valence-corrected chi connectivity index (χ3v) is 4.42. The minimum atomic E-state index is -3.75. The molecule has 0 amide bonds. The van der Waals surface area contributed by atoms with E-state index in [-0.39, 0.29) is 18.4 Å². The number of rotatable bonds is 3. The molecule has 1 aromatic heterocycles. The molecule has 0 aromatic carbocycles. The fourth-order valence-electron chi connectivity index (χ4n) is 2.42. The molecule has 9 heteroatoms. The molecule has 0 aliphatic carbocycles. The number of aryl methyl sites for hydroxylation is 1. The standard InChI is InChI=1S/C10H19N5O2S.ClH/c1-13-5-3-9(4-6-13)15(18(11,16)17)10-7-12-14(2)8-10;/h7-9H,3-6H2,1-2H3,(H2,11,16,17);1H. The summed E-state index contributed by atoms with van der Waals surface area (Å²) in [6.07, 6.45) is 4.85. The van der Waals surface area contributed by atoms with Crippen molar-refractivity contribution in [3.05, 3.63) is 12.4 Å². The summed E-state index contributed by atoms with van der Waals surface area (Å²) in [6, 6.07) is -0.0621. The lowest BCUT2D eigenvalue weighted by Crippen LogP contribution is -3.10. The lowest BCUT2D eigenvalue weighted by molar-refractivity contribution is -0.884. The van der Waals surface area contributed by atoms with Crippen LogP contribution in [-0.4, -0.2) is 44.4 Å². The Balaban J connectivity index is 0.00000180. The second-order valence-corrected chi connectivity index (χ2v) is 6.32. The third-order valence-electron chi connectivity index (χ3n) is 3.36. The lowest BCUT2D eigenvalue weighted by Gasteiger charge is -2.34. The topological polar surface area (TPSA) is 85.7 Å². The lowest BCUT2D eigenvalue weighted by atomic mass is 10.1. The maximum Gasteiger partial charge on any atom is 0.299 e. The van der Waals surface area contributed by atoms with Gasteiger partial charge in [-0.3, -0.25) is 8.99 Å². The van der Waals surface area contributed by atoms with Gasteiger partial charge in [0.2, 0.25) is 0 Å². The van der Waals surface area contributed by atoms with Gasteiger partial charge >= 0.3 is 0 Å². The molecule has 1 saturated heterocycles. The second-order valence-electron chi connectivity index (χ2n) is 4.90. The zero-order chi connectivity index (χ0) is 13.3. The Morgan fingerprint density at radius 1 is 1.47 bits per heavy atom. The van der Waals surface area contributed by atoms with E-state index in [2.05, 4.69) is 12.1 Å². The number of piperidine rings is 1. The van der Waals surface area contributed by atoms with Crippen LogP contribution in [0.2, 0.25) is 0 Å². The minimum Gasteiger partial charge on any atom is -1.00 e. The van der Waals surface area contributed by atoms with Crippen molar-refractivity contribution < 1.29 is 25.7 Å². The Labute approximate surface area is 119 Å². The summed E-state index contributed by atoms with van der Waals surface area (Å²) in [5, 5.41) is 9.35. The van der Waals surface area contributed by atoms with Gasteiger partial charge in [-0.1, -0.05) is 0 Å². The van der Waals surface area contributed by atoms with Crippen molar-refractivity contribution >= 4 is 15.9 Å². The molecule has 2 heterocycles. The highest BCUT2D eigenvalue weighted by Crippen LogP contribution is 2.22. The van der Waals surface area contributed by atoms with Crippen LogP contribution in [0, 0.1) is 0 Å². The van der Waals surface area contributed by atoms with Crippen LogP contribution in [0.25, 0.3) is 0 Å². The summed E-state index contributed by atoms with van der Waals surface area (Å²) in [6.45, 7) is 1.91. The average Bonchev–Trinajstić information content (AvgIpc) is 2.66. The smallest absolute Gasteiger partial charge is 0.299 e. The molecule has 7 nitrogen and oxygen atoms in total. The molecule has 2 rings (SSSR count). The van der Waals surface area contributed by atoms with E-state index in [9.17, 15) is 8.42 Å². The first-order chi connectivity index (χ1) is 8.38. The van der Waals surface area contributed by atoms with E-state index in [1.165, 1.54) is 15.4 Å². The zero-order valence-electron chi connectivity index (χ0n) is 11.1. The van der Waals surface area contributed by atoms with Crippen LogP contribution in [0.5, 0.6) is 0 Å². The van der Waals surface area contributed by atoms with Gasteiger partial charge in [0.1, 0.15) is 0 Å². The Morgan fingerprint density at radius 2 is 2.05 bits per heavy atom. The van der Waals surface area contributed by atoms with Gasteiger partial charge in [-0.15, -0.1) is 0 Å². The van der Waals surface area contributed by atoms with Gasteiger partial charge in [-0.05, 0) is 0 Å². The van der Waals surface area contributed by atoms with E-state index in [0.29, 0.717) is 5.69 Å². The number of anilines is 1. The van der Waals surface area contributed by atoms with Crippen molar-refractivity contribution in [2.24, 2.45) is 12.2 Å². The number of nitrogens with two attached hydrogens (primary N) is 1. The molecule has 1 fully saturated rings. The van der Waals surface area contributed by atoms with Gasteiger partial charge in [0.15, 0.2) is 0 Å². The summed E-state index contributed by atoms with van der Waals surface area (Å²) in [5.41, 5.74) is 0.546. The van der Waals surface area contributed by atoms with Crippen LogP contribution >= 0.6 is 0 Å². The number of nitrogens with one attached hydrogen (secondary N) is 1. The van der Waals surface area contributed by atoms with Crippen LogP contribution in [0.3, 0.4) is 0 Å². The SMILES string of the molecule is Cn1cc(N(C2CC[NH+](C)CC2)S(N)(=O)=O)cn1.[Cl-]. The Morgan fingerprint density at radius 3 is 2.47 bits per heavy atom. The number of likely N-dealkylation sites (tertiary alicyclic amines) is 1. The molecular weight excluding hydrogens is 290 g/mol. The van der Waals surface area contributed by atoms with Crippen molar-refractivity contribution in [3.8, 4) is 0 Å². The highest BCUT2D eigenvalue weighted by atomic mass is 35.5. The Bertz CT molecular complexity index is 510. The maximum absolute atomic E-state index is 11.8. The average molecular weight is 310 g/mol. The van der Waals surface area contributed by atoms with Crippen molar-refractivity contribution in [2.45, 2.75) is 18.9 Å². The molecule has 0 atom stereocenters. The van der Waals surface area contributed by atoms with Gasteiger partial charge in [-0.2, -0.15) is 13.5 Å². The molecule has 0 bridgehead atoms. The van der Waals surface area contributed by atoms with E-state index in [1.807, 2.05) is 0 Å². The molecule has 1 aliphatic heterocycles. The summed E-state index contributed by atoms with van der Waals surface area (Å²) in [5.74, 6) is 0. The van der Waals surface area contributed by atoms with Crippen molar-refractivity contribution in [2.75, 3.05) is 24.4 Å². The first-order valence-electron chi connectivity index (χ1n) is 6.00. The van der Waals surface area contributed by atoms with Crippen LogP contribution < -0.4 is 26.8 Å². The maximum atomic E-state index is 11.8. The van der Waals surface area contributed by atoms with Crippen molar-refractivity contribution in [1.29, 1.82) is 0 Å². The van der Waals surface area contributed by atoms with E-state index < -0.39 is 10.2 Å². The molecular formula is C10H20ClN5O2S. The molecule has 19 heavy (non-hydrogen) atoms. The summed E-state index contributed by atoms with van der Waals surface area (Å²) < 4.78 is 26.5. The predicted octanol–water partition coefficient (Wildman–Crippen LogP) is -4.89. The van der Waals surface area contributed by atoms with Crippen LogP contribution in [0.15, 0.2) is 12.4 Å². The summed E-state index contributed by atoms with van der Waals surface area (Å²) >= 11 is 0. The third kappa shape index (κ3) is 3.82. The Kier molecular flexibility index (Phi) is 5.19. The van der Waals surface area contributed by atoms with Gasteiger partial charge in [0, 0.05) is 26.1 Å². The van der Waals surface area contributed by atoms with E-state index in [4.69, 9.17) is 5.14 Å². The number of hydrogen-bond acceptors (Lipinski definition) is 3. The molecule has 110 valence electrons. The Hall–Kier alpha value is -0.830. The predicted molar refractivity (Wildman–Crippen MR) is 68.4 cm³/mol. The van der Waals surface area contributed by atoms with E-state index in [0.717, 1.165) is 25.9 Å². The number of quaternary nitrogens is 1. The zero-order valence-corrected chi connectivity index (χ0v) is 12.7. The number of halogens is 1. The quantitative estimate of drug-likeness (QED) is 0.587. The monoisotopic (exact) mass is 309 g/mol. The van der Waals surface area contributed by atoms with Crippen molar-refractivity contribution in [1.82, 2.24) is 9.78 Å². The van der Waals surface area contributed by atoms with Crippen LogP contribution in [0.1, 0.15) is 12.8 Å². The molecule has 0 saturated carbocycles. The summed E-state index contributed by atoms with van der Waals surface area (Å²) in [4.78, 5) is 1.42. The summed E-state index contributed by atoms with van der Waals surface area (Å²) in [7, 11) is 0.115. The molecule has 0 radical (unpaired) electrons. The second kappa shape index (κ2) is 6.08. The normalized spacial score (nSPS) is 23.7. The van der Waals surface area contributed by atoms with Gasteiger partial charge in [0.05, 0.1) is 38.1 Å². The highest BCUT2D eigenvalue weighted by molar-refractivity contribution is 7.90. The molecule has 0 unspecified atom stereocenters. The first-order valence-corrected chi connectivity index (χ1v) is 7.50.